The predicted octanol–water partition coefficient (Wildman–Crippen LogP) is 2.91. The Bertz CT molecular complexity index is 542. The Labute approximate surface area is 137 Å². The fourth-order valence-corrected chi connectivity index (χ4v) is 2.17. The van der Waals surface area contributed by atoms with Crippen molar-refractivity contribution >= 4 is 35.6 Å². The highest BCUT2D eigenvalue weighted by molar-refractivity contribution is 5.99. The van der Waals surface area contributed by atoms with E-state index in [9.17, 15) is 9.59 Å². The lowest BCUT2D eigenvalue weighted by atomic mass is 9.96. The van der Waals surface area contributed by atoms with Crippen molar-refractivity contribution in [1.29, 1.82) is 0 Å². The van der Waals surface area contributed by atoms with E-state index in [1.807, 2.05) is 13.0 Å². The minimum absolute atomic E-state index is 0. The van der Waals surface area contributed by atoms with Crippen LogP contribution in [0.4, 0.5) is 11.4 Å². The first-order valence-electron chi connectivity index (χ1n) is 7.43. The Morgan fingerprint density at radius 2 is 1.86 bits per heavy atom. The molecule has 0 heterocycles. The van der Waals surface area contributed by atoms with Gasteiger partial charge in [0.15, 0.2) is 0 Å². The summed E-state index contributed by atoms with van der Waals surface area (Å²) in [5, 5.41) is 5.67. The molecular formula is C16H24ClN3O2. The molecule has 0 aliphatic heterocycles. The summed E-state index contributed by atoms with van der Waals surface area (Å²) in [5.74, 6) is -0.0109. The second-order valence-corrected chi connectivity index (χ2v) is 5.97. The maximum absolute atomic E-state index is 12.2. The highest BCUT2D eigenvalue weighted by atomic mass is 35.5. The van der Waals surface area contributed by atoms with Crippen molar-refractivity contribution in [3.8, 4) is 0 Å². The monoisotopic (exact) mass is 325 g/mol. The zero-order chi connectivity index (χ0) is 15.5. The van der Waals surface area contributed by atoms with Crippen molar-refractivity contribution in [2.24, 2.45) is 11.7 Å². The lowest BCUT2D eigenvalue weighted by Crippen LogP contribution is -2.48. The van der Waals surface area contributed by atoms with Gasteiger partial charge >= 0.3 is 0 Å². The van der Waals surface area contributed by atoms with Gasteiger partial charge in [-0.05, 0) is 44.4 Å². The molecule has 1 aliphatic rings. The van der Waals surface area contributed by atoms with Crippen molar-refractivity contribution in [3.63, 3.8) is 0 Å². The third-order valence-corrected chi connectivity index (χ3v) is 3.62. The van der Waals surface area contributed by atoms with Crippen LogP contribution in [0, 0.1) is 5.92 Å². The fourth-order valence-electron chi connectivity index (χ4n) is 2.17. The van der Waals surface area contributed by atoms with Gasteiger partial charge < -0.3 is 16.4 Å². The van der Waals surface area contributed by atoms with Crippen LogP contribution in [0.2, 0.25) is 0 Å². The number of hydrogen-bond acceptors (Lipinski definition) is 3. The largest absolute Gasteiger partial charge is 0.326 e. The Kier molecular flexibility index (Phi) is 6.38. The summed E-state index contributed by atoms with van der Waals surface area (Å²) in [6, 6.07) is 7.14. The summed E-state index contributed by atoms with van der Waals surface area (Å²) in [6.07, 6.45) is 3.39. The van der Waals surface area contributed by atoms with Gasteiger partial charge in [0.25, 0.3) is 0 Å². The number of carbonyl (C=O) groups excluding carboxylic acids is 2. The van der Waals surface area contributed by atoms with Gasteiger partial charge in [-0.2, -0.15) is 0 Å². The van der Waals surface area contributed by atoms with E-state index in [4.69, 9.17) is 5.73 Å². The van der Waals surface area contributed by atoms with Gasteiger partial charge in [-0.3, -0.25) is 9.59 Å². The zero-order valence-corrected chi connectivity index (χ0v) is 13.8. The van der Waals surface area contributed by atoms with E-state index in [1.54, 1.807) is 25.1 Å². The molecule has 1 atom stereocenters. The van der Waals surface area contributed by atoms with E-state index < -0.39 is 5.54 Å². The third-order valence-electron chi connectivity index (χ3n) is 3.62. The highest BCUT2D eigenvalue weighted by Crippen LogP contribution is 2.30. The molecule has 122 valence electrons. The van der Waals surface area contributed by atoms with E-state index in [0.717, 1.165) is 19.3 Å². The number of anilines is 2. The van der Waals surface area contributed by atoms with Crippen LogP contribution < -0.4 is 16.4 Å². The molecule has 1 aliphatic carbocycles. The first kappa shape index (κ1) is 18.5. The molecule has 0 aromatic heterocycles. The quantitative estimate of drug-likeness (QED) is 0.752. The summed E-state index contributed by atoms with van der Waals surface area (Å²) in [6.45, 7) is 3.72. The van der Waals surface area contributed by atoms with Crippen LogP contribution in [0.25, 0.3) is 0 Å². The number of hydrogen-bond donors (Lipinski definition) is 3. The van der Waals surface area contributed by atoms with Gasteiger partial charge in [0.05, 0.1) is 5.54 Å². The first-order valence-corrected chi connectivity index (χ1v) is 7.43. The third kappa shape index (κ3) is 5.00. The number of carbonyl (C=O) groups is 2. The standard InChI is InChI=1S/C16H23N3O2.ClH/c1-3-9-16(2,17)15(21)19-13-6-4-5-12(10-13)18-14(20)11-7-8-11;/h4-6,10-11H,3,7-9,17H2,1-2H3,(H,18,20)(H,19,21);1H. The summed E-state index contributed by atoms with van der Waals surface area (Å²) in [7, 11) is 0. The molecule has 0 radical (unpaired) electrons. The van der Waals surface area contributed by atoms with Crippen LogP contribution in [0.3, 0.4) is 0 Å². The molecule has 5 nitrogen and oxygen atoms in total. The van der Waals surface area contributed by atoms with Gasteiger partial charge in [0, 0.05) is 17.3 Å². The molecule has 4 N–H and O–H groups in total. The molecule has 0 spiro atoms. The van der Waals surface area contributed by atoms with Crippen LogP contribution in [0.15, 0.2) is 24.3 Å². The molecule has 1 aromatic rings. The number of benzene rings is 1. The zero-order valence-electron chi connectivity index (χ0n) is 13.0. The van der Waals surface area contributed by atoms with E-state index in [-0.39, 0.29) is 30.1 Å². The Hall–Kier alpha value is -1.59. The van der Waals surface area contributed by atoms with Crippen LogP contribution in [-0.2, 0) is 9.59 Å². The Morgan fingerprint density at radius 1 is 1.27 bits per heavy atom. The molecule has 6 heteroatoms. The molecular weight excluding hydrogens is 302 g/mol. The second kappa shape index (κ2) is 7.61. The predicted molar refractivity (Wildman–Crippen MR) is 91.2 cm³/mol. The summed E-state index contributed by atoms with van der Waals surface area (Å²) >= 11 is 0. The molecule has 0 bridgehead atoms. The molecule has 22 heavy (non-hydrogen) atoms. The van der Waals surface area contributed by atoms with Crippen molar-refractivity contribution in [1.82, 2.24) is 0 Å². The minimum Gasteiger partial charge on any atom is -0.326 e. The van der Waals surface area contributed by atoms with Gasteiger partial charge in [-0.1, -0.05) is 19.4 Å². The minimum atomic E-state index is -0.887. The highest BCUT2D eigenvalue weighted by Gasteiger charge is 2.30. The lowest BCUT2D eigenvalue weighted by molar-refractivity contribution is -0.121. The van der Waals surface area contributed by atoms with Crippen LogP contribution in [0.1, 0.15) is 39.5 Å². The number of nitrogens with one attached hydrogen (secondary N) is 2. The van der Waals surface area contributed by atoms with E-state index in [2.05, 4.69) is 10.6 Å². The summed E-state index contributed by atoms with van der Waals surface area (Å²) in [5.41, 5.74) is 6.45. The van der Waals surface area contributed by atoms with E-state index in [1.165, 1.54) is 0 Å². The summed E-state index contributed by atoms with van der Waals surface area (Å²) < 4.78 is 0. The Balaban J connectivity index is 0.00000242. The van der Waals surface area contributed by atoms with Crippen molar-refractivity contribution in [2.45, 2.75) is 45.1 Å². The second-order valence-electron chi connectivity index (χ2n) is 5.97. The average molecular weight is 326 g/mol. The molecule has 1 saturated carbocycles. The van der Waals surface area contributed by atoms with Crippen LogP contribution >= 0.6 is 12.4 Å². The SMILES string of the molecule is CCCC(C)(N)C(=O)Nc1cccc(NC(=O)C2CC2)c1.Cl. The average Bonchev–Trinajstić information content (AvgIpc) is 3.23. The van der Waals surface area contributed by atoms with Gasteiger partial charge in [0.2, 0.25) is 11.8 Å². The maximum atomic E-state index is 12.2. The van der Waals surface area contributed by atoms with Crippen LogP contribution in [0.5, 0.6) is 0 Å². The molecule has 2 amide bonds. The lowest BCUT2D eigenvalue weighted by Gasteiger charge is -2.23. The van der Waals surface area contributed by atoms with Crippen LogP contribution in [-0.4, -0.2) is 17.4 Å². The molecule has 0 saturated heterocycles. The van der Waals surface area contributed by atoms with E-state index in [0.29, 0.717) is 17.8 Å². The number of rotatable bonds is 6. The summed E-state index contributed by atoms with van der Waals surface area (Å²) in [4.78, 5) is 23.9. The van der Waals surface area contributed by atoms with Gasteiger partial charge in [-0.15, -0.1) is 12.4 Å². The number of nitrogens with two attached hydrogens (primary N) is 1. The Morgan fingerprint density at radius 3 is 2.41 bits per heavy atom. The van der Waals surface area contributed by atoms with Crippen molar-refractivity contribution in [2.75, 3.05) is 10.6 Å². The maximum Gasteiger partial charge on any atom is 0.244 e. The number of halogens is 1. The number of amides is 2. The molecule has 2 rings (SSSR count). The van der Waals surface area contributed by atoms with E-state index >= 15 is 0 Å². The molecule has 1 unspecified atom stereocenters. The normalized spacial score (nSPS) is 16.1. The van der Waals surface area contributed by atoms with Gasteiger partial charge in [0.1, 0.15) is 0 Å². The topological polar surface area (TPSA) is 84.2 Å². The first-order chi connectivity index (χ1) is 9.92. The van der Waals surface area contributed by atoms with Gasteiger partial charge in [-0.25, -0.2) is 0 Å². The fraction of sp³-hybridized carbons (Fsp3) is 0.500. The van der Waals surface area contributed by atoms with Crippen molar-refractivity contribution < 1.29 is 9.59 Å². The molecule has 1 fully saturated rings. The molecule has 1 aromatic carbocycles. The smallest absolute Gasteiger partial charge is 0.244 e. The van der Waals surface area contributed by atoms with Crippen molar-refractivity contribution in [3.05, 3.63) is 24.3 Å².